The van der Waals surface area contributed by atoms with Crippen molar-refractivity contribution in [2.24, 2.45) is 0 Å². The van der Waals surface area contributed by atoms with Crippen LogP contribution < -0.4 is 21.5 Å². The summed E-state index contributed by atoms with van der Waals surface area (Å²) in [6, 6.07) is 3.59. The number of aryl methyl sites for hydroxylation is 1. The predicted molar refractivity (Wildman–Crippen MR) is 99.7 cm³/mol. The monoisotopic (exact) mass is 427 g/mol. The van der Waals surface area contributed by atoms with Gasteiger partial charge in [-0.15, -0.1) is 0 Å². The topological polar surface area (TPSA) is 44.3 Å². The van der Waals surface area contributed by atoms with Gasteiger partial charge in [-0.2, -0.15) is 4.57 Å². The van der Waals surface area contributed by atoms with Gasteiger partial charge in [-0.05, 0) is 28.0 Å². The number of phenols is 1. The minimum absolute atomic E-state index is 0. The Morgan fingerprint density at radius 3 is 2.04 bits per heavy atom. The number of aliphatic hydroxyl groups is 1. The van der Waals surface area contributed by atoms with E-state index in [1.54, 1.807) is 17.4 Å². The quantitative estimate of drug-likeness (QED) is 0.726. The highest BCUT2D eigenvalue weighted by molar-refractivity contribution is 7.07. The lowest BCUT2D eigenvalue weighted by atomic mass is 9.72. The third-order valence-electron chi connectivity index (χ3n) is 4.32. The molecule has 2 N–H and O–H groups in total. The molecule has 0 fully saturated rings. The number of nitrogens with zero attached hydrogens (tertiary/aromatic N) is 1. The maximum absolute atomic E-state index is 10.9. The number of rotatable bonds is 3. The van der Waals surface area contributed by atoms with Crippen molar-refractivity contribution in [1.82, 2.24) is 0 Å². The van der Waals surface area contributed by atoms with Crippen LogP contribution in [0.3, 0.4) is 0 Å². The number of thiazole rings is 1. The maximum atomic E-state index is 10.9. The molecule has 1 unspecified atom stereocenters. The maximum Gasteiger partial charge on any atom is 0.225 e. The van der Waals surface area contributed by atoms with Crippen LogP contribution in [0, 0.1) is 6.92 Å². The lowest BCUT2D eigenvalue weighted by molar-refractivity contribution is -0.705. The van der Waals surface area contributed by atoms with Crippen LogP contribution in [0.4, 0.5) is 0 Å². The molecule has 0 aliphatic carbocycles. The number of aliphatic hydroxyl groups excluding tert-OH is 1. The zero-order valence-electron chi connectivity index (χ0n) is 16.2. The normalized spacial score (nSPS) is 13.4. The first-order chi connectivity index (χ1) is 10.9. The number of benzene rings is 1. The van der Waals surface area contributed by atoms with Crippen LogP contribution in [0.1, 0.15) is 70.0 Å². The molecule has 0 amide bonds. The molecule has 1 aromatic carbocycles. The van der Waals surface area contributed by atoms with Gasteiger partial charge in [-0.3, -0.25) is 0 Å². The summed E-state index contributed by atoms with van der Waals surface area (Å²) in [7, 11) is 0. The van der Waals surface area contributed by atoms with E-state index in [4.69, 9.17) is 0 Å². The Labute approximate surface area is 166 Å². The second-order valence-corrected chi connectivity index (χ2v) is 9.31. The van der Waals surface area contributed by atoms with E-state index in [-0.39, 0.29) is 27.8 Å². The van der Waals surface area contributed by atoms with Crippen molar-refractivity contribution in [3.63, 3.8) is 0 Å². The molecule has 0 bridgehead atoms. The molecule has 0 aliphatic rings. The summed E-state index contributed by atoms with van der Waals surface area (Å²) in [5.41, 5.74) is 5.68. The van der Waals surface area contributed by atoms with Crippen LogP contribution in [-0.2, 0) is 17.4 Å². The van der Waals surface area contributed by atoms with Gasteiger partial charge < -0.3 is 27.2 Å². The molecule has 0 saturated carbocycles. The van der Waals surface area contributed by atoms with Crippen LogP contribution in [0.25, 0.3) is 0 Å². The van der Waals surface area contributed by atoms with Gasteiger partial charge in [0.15, 0.2) is 12.2 Å². The molecule has 140 valence electrons. The molecule has 1 heterocycles. The van der Waals surface area contributed by atoms with Crippen molar-refractivity contribution in [3.05, 3.63) is 45.4 Å². The highest BCUT2D eigenvalue weighted by Gasteiger charge is 2.33. The van der Waals surface area contributed by atoms with Gasteiger partial charge in [0.05, 0.1) is 5.38 Å². The Balaban J connectivity index is 0.00000312. The van der Waals surface area contributed by atoms with Crippen LogP contribution in [-0.4, -0.2) is 10.2 Å². The number of phenolic OH excluding ortho intramolecular Hbond substituents is 1. The Hall–Kier alpha value is -0.910. The second-order valence-electron chi connectivity index (χ2n) is 8.59. The highest BCUT2D eigenvalue weighted by atomic mass is 79.9. The van der Waals surface area contributed by atoms with Crippen molar-refractivity contribution in [1.29, 1.82) is 0 Å². The smallest absolute Gasteiger partial charge is 0.225 e. The zero-order valence-corrected chi connectivity index (χ0v) is 18.6. The Morgan fingerprint density at radius 2 is 1.60 bits per heavy atom. The number of aromatic hydroxyl groups is 1. The highest BCUT2D eigenvalue weighted by Crippen LogP contribution is 2.43. The van der Waals surface area contributed by atoms with Gasteiger partial charge in [0.25, 0.3) is 0 Å². The molecular formula is C20H30BrNO2S. The average molecular weight is 428 g/mol. The summed E-state index contributed by atoms with van der Waals surface area (Å²) in [6.45, 7) is 15.3. The van der Waals surface area contributed by atoms with Crippen LogP contribution in [0.15, 0.2) is 23.0 Å². The SMILES string of the molecule is Cc1csc[n+]1CC(O)c1ccc(O)c(C(C)(C)C)c1C(C)(C)C.[Br-]. The lowest BCUT2D eigenvalue weighted by Gasteiger charge is -2.33. The summed E-state index contributed by atoms with van der Waals surface area (Å²) >= 11 is 1.63. The van der Waals surface area contributed by atoms with E-state index < -0.39 is 6.10 Å². The first-order valence-electron chi connectivity index (χ1n) is 8.40. The van der Waals surface area contributed by atoms with E-state index in [0.29, 0.717) is 12.3 Å². The molecule has 0 aliphatic heterocycles. The fourth-order valence-corrected chi connectivity index (χ4v) is 4.07. The van der Waals surface area contributed by atoms with Gasteiger partial charge in [0, 0.05) is 12.5 Å². The second kappa shape index (κ2) is 7.77. The molecule has 1 aromatic heterocycles. The van der Waals surface area contributed by atoms with E-state index in [1.165, 1.54) is 0 Å². The summed E-state index contributed by atoms with van der Waals surface area (Å²) in [5.74, 6) is 0.308. The number of hydrogen-bond acceptors (Lipinski definition) is 3. The van der Waals surface area contributed by atoms with Crippen LogP contribution in [0.5, 0.6) is 5.75 Å². The molecule has 1 atom stereocenters. The predicted octanol–water partition coefficient (Wildman–Crippen LogP) is 1.38. The molecular weight excluding hydrogens is 398 g/mol. The van der Waals surface area contributed by atoms with E-state index in [1.807, 2.05) is 18.5 Å². The summed E-state index contributed by atoms with van der Waals surface area (Å²) in [6.07, 6.45) is -0.612. The van der Waals surface area contributed by atoms with Gasteiger partial charge in [0.1, 0.15) is 11.9 Å². The average Bonchev–Trinajstić information content (AvgIpc) is 2.81. The first-order valence-corrected chi connectivity index (χ1v) is 9.34. The third kappa shape index (κ3) is 4.83. The fraction of sp³-hybridized carbons (Fsp3) is 0.550. The Morgan fingerprint density at radius 1 is 1.04 bits per heavy atom. The minimum atomic E-state index is -0.612. The van der Waals surface area contributed by atoms with Gasteiger partial charge in [-0.1, -0.05) is 58.9 Å². The summed E-state index contributed by atoms with van der Waals surface area (Å²) in [5, 5.41) is 23.5. The van der Waals surface area contributed by atoms with E-state index >= 15 is 0 Å². The summed E-state index contributed by atoms with van der Waals surface area (Å²) < 4.78 is 2.07. The standard InChI is InChI=1S/C20H29NO2S.BrH/c1-13-11-24-12-21(13)10-16(23)14-8-9-15(22)18(20(5,6)7)17(14)19(2,3)4;/h8-9,11-12,16,23H,10H2,1-7H3;1H. The van der Waals surface area contributed by atoms with E-state index in [2.05, 4.69) is 51.5 Å². The van der Waals surface area contributed by atoms with Gasteiger partial charge >= 0.3 is 0 Å². The summed E-state index contributed by atoms with van der Waals surface area (Å²) in [4.78, 5) is 0. The molecule has 0 saturated heterocycles. The van der Waals surface area contributed by atoms with E-state index in [0.717, 1.165) is 22.4 Å². The Kier molecular flexibility index (Phi) is 6.87. The molecule has 0 radical (unpaired) electrons. The van der Waals surface area contributed by atoms with E-state index in [9.17, 15) is 10.2 Å². The molecule has 25 heavy (non-hydrogen) atoms. The van der Waals surface area contributed by atoms with Crippen molar-refractivity contribution in [2.75, 3.05) is 0 Å². The molecule has 3 nitrogen and oxygen atoms in total. The number of hydrogen-bond donors (Lipinski definition) is 2. The van der Waals surface area contributed by atoms with Crippen molar-refractivity contribution < 1.29 is 31.8 Å². The molecule has 2 aromatic rings. The zero-order chi connectivity index (χ0) is 18.3. The molecule has 5 heteroatoms. The first kappa shape index (κ1) is 22.1. The number of aromatic nitrogens is 1. The minimum Gasteiger partial charge on any atom is -1.00 e. The largest absolute Gasteiger partial charge is 1.00 e. The van der Waals surface area contributed by atoms with Gasteiger partial charge in [-0.25, -0.2) is 0 Å². The van der Waals surface area contributed by atoms with Crippen LogP contribution in [0.2, 0.25) is 0 Å². The third-order valence-corrected chi connectivity index (χ3v) is 5.18. The fourth-order valence-electron chi connectivity index (χ4n) is 3.28. The molecule has 2 rings (SSSR count). The van der Waals surface area contributed by atoms with Crippen LogP contribution >= 0.6 is 11.3 Å². The van der Waals surface area contributed by atoms with Gasteiger partial charge in [0.2, 0.25) is 5.51 Å². The molecule has 0 spiro atoms. The Bertz CT molecular complexity index is 726. The van der Waals surface area contributed by atoms with Crippen molar-refractivity contribution >= 4 is 11.3 Å². The van der Waals surface area contributed by atoms with Crippen molar-refractivity contribution in [2.45, 2.75) is 71.9 Å². The van der Waals surface area contributed by atoms with Crippen molar-refractivity contribution in [3.8, 4) is 5.75 Å². The number of halogens is 1. The lowest BCUT2D eigenvalue weighted by Crippen LogP contribution is -3.00.